The summed E-state index contributed by atoms with van der Waals surface area (Å²) in [5, 5.41) is 0. The van der Waals surface area contributed by atoms with Crippen molar-refractivity contribution in [3.63, 3.8) is 0 Å². The second kappa shape index (κ2) is 7.01. The number of hydrogen-bond acceptors (Lipinski definition) is 2. The predicted molar refractivity (Wildman–Crippen MR) is 98.7 cm³/mol. The van der Waals surface area contributed by atoms with E-state index < -0.39 is 0 Å². The number of benzene rings is 1. The number of carbonyl (C=O) groups is 1. The van der Waals surface area contributed by atoms with E-state index in [2.05, 4.69) is 30.5 Å². The van der Waals surface area contributed by atoms with Crippen LogP contribution in [0.2, 0.25) is 0 Å². The molecule has 130 valence electrons. The fourth-order valence-corrected chi connectivity index (χ4v) is 3.38. The highest BCUT2D eigenvalue weighted by Crippen LogP contribution is 2.26. The number of carbonyl (C=O) groups excluding carboxylic acids is 1. The molecule has 0 aliphatic rings. The average Bonchev–Trinajstić information content (AvgIpc) is 3.22. The topological polar surface area (TPSA) is 38.4 Å². The third-order valence-corrected chi connectivity index (χ3v) is 4.70. The van der Waals surface area contributed by atoms with Gasteiger partial charge in [-0.05, 0) is 44.5 Å². The number of hydrogen-bond donors (Lipinski definition) is 0. The Kier molecular flexibility index (Phi) is 4.79. The van der Waals surface area contributed by atoms with Gasteiger partial charge in [-0.25, -0.2) is 0 Å². The Balaban J connectivity index is 1.87. The monoisotopic (exact) mass is 336 g/mol. The first-order chi connectivity index (χ1) is 12.0. The molecule has 1 amide bonds. The molecule has 0 fully saturated rings. The maximum Gasteiger partial charge on any atom is 0.255 e. The van der Waals surface area contributed by atoms with Crippen molar-refractivity contribution in [1.29, 1.82) is 0 Å². The molecule has 0 saturated carbocycles. The van der Waals surface area contributed by atoms with Crippen molar-refractivity contribution in [2.24, 2.45) is 0 Å². The fraction of sp³-hybridized carbons (Fsp3) is 0.286. The highest BCUT2D eigenvalue weighted by atomic mass is 16.3. The number of nitrogens with zero attached hydrogens (tertiary/aromatic N) is 2. The normalized spacial score (nSPS) is 12.2. The van der Waals surface area contributed by atoms with Gasteiger partial charge in [-0.1, -0.05) is 30.3 Å². The smallest absolute Gasteiger partial charge is 0.255 e. The van der Waals surface area contributed by atoms with Gasteiger partial charge in [0.1, 0.15) is 5.76 Å². The third kappa shape index (κ3) is 3.38. The summed E-state index contributed by atoms with van der Waals surface area (Å²) < 4.78 is 7.57. The predicted octanol–water partition coefficient (Wildman–Crippen LogP) is 4.58. The number of aryl methyl sites for hydroxylation is 1. The van der Waals surface area contributed by atoms with Gasteiger partial charge < -0.3 is 13.9 Å². The third-order valence-electron chi connectivity index (χ3n) is 4.70. The first-order valence-electron chi connectivity index (χ1n) is 8.50. The molecule has 1 atom stereocenters. The second-order valence-electron chi connectivity index (χ2n) is 6.48. The Labute approximate surface area is 148 Å². The molecule has 0 bridgehead atoms. The van der Waals surface area contributed by atoms with Gasteiger partial charge in [-0.2, -0.15) is 0 Å². The van der Waals surface area contributed by atoms with Crippen molar-refractivity contribution < 1.29 is 9.21 Å². The van der Waals surface area contributed by atoms with Crippen LogP contribution >= 0.6 is 0 Å². The van der Waals surface area contributed by atoms with Crippen molar-refractivity contribution in [3.05, 3.63) is 83.1 Å². The van der Waals surface area contributed by atoms with Crippen molar-refractivity contribution >= 4 is 5.91 Å². The molecule has 0 N–H and O–H groups in total. The zero-order chi connectivity index (χ0) is 18.0. The first-order valence-corrected chi connectivity index (χ1v) is 8.50. The Morgan fingerprint density at radius 1 is 1.16 bits per heavy atom. The summed E-state index contributed by atoms with van der Waals surface area (Å²) in [6, 6.07) is 16.2. The summed E-state index contributed by atoms with van der Waals surface area (Å²) in [6.07, 6.45) is 1.63. The Hall–Kier alpha value is -2.75. The maximum absolute atomic E-state index is 12.9. The Morgan fingerprint density at radius 2 is 1.88 bits per heavy atom. The van der Waals surface area contributed by atoms with Gasteiger partial charge in [0.15, 0.2) is 0 Å². The average molecular weight is 336 g/mol. The van der Waals surface area contributed by atoms with Gasteiger partial charge in [0, 0.05) is 18.4 Å². The van der Waals surface area contributed by atoms with Crippen LogP contribution in [0.1, 0.15) is 46.0 Å². The summed E-state index contributed by atoms with van der Waals surface area (Å²) >= 11 is 0. The lowest BCUT2D eigenvalue weighted by Gasteiger charge is -2.20. The van der Waals surface area contributed by atoms with Gasteiger partial charge in [0.05, 0.1) is 24.4 Å². The zero-order valence-electron chi connectivity index (χ0n) is 15.2. The van der Waals surface area contributed by atoms with E-state index in [0.29, 0.717) is 6.54 Å². The number of aromatic nitrogens is 1. The molecular weight excluding hydrogens is 312 g/mol. The van der Waals surface area contributed by atoms with E-state index in [1.54, 1.807) is 18.2 Å². The molecule has 4 heteroatoms. The first kappa shape index (κ1) is 17.1. The van der Waals surface area contributed by atoms with Crippen LogP contribution in [-0.4, -0.2) is 22.4 Å². The highest BCUT2D eigenvalue weighted by molar-refractivity contribution is 5.95. The molecule has 3 aromatic rings. The summed E-state index contributed by atoms with van der Waals surface area (Å²) in [4.78, 5) is 14.6. The minimum absolute atomic E-state index is 0.0102. The second-order valence-corrected chi connectivity index (χ2v) is 6.48. The summed E-state index contributed by atoms with van der Waals surface area (Å²) in [5.41, 5.74) is 4.05. The summed E-state index contributed by atoms with van der Waals surface area (Å²) in [6.45, 7) is 6.69. The molecule has 4 nitrogen and oxygen atoms in total. The van der Waals surface area contributed by atoms with Crippen LogP contribution in [0.4, 0.5) is 0 Å². The van der Waals surface area contributed by atoms with Gasteiger partial charge in [0.25, 0.3) is 5.91 Å². The van der Waals surface area contributed by atoms with Gasteiger partial charge in [0.2, 0.25) is 0 Å². The standard InChI is InChI=1S/C21H24N2O2/c1-15-13-20(21(24)22(4)14-19-11-8-12-25-19)17(3)23(15)16(2)18-9-6-5-7-10-18/h5-13,16H,14H2,1-4H3. The largest absolute Gasteiger partial charge is 0.467 e. The van der Waals surface area contributed by atoms with Crippen LogP contribution in [0.3, 0.4) is 0 Å². The van der Waals surface area contributed by atoms with E-state index in [1.807, 2.05) is 43.3 Å². The lowest BCUT2D eigenvalue weighted by atomic mass is 10.1. The molecule has 1 unspecified atom stereocenters. The molecule has 25 heavy (non-hydrogen) atoms. The molecule has 0 saturated heterocycles. The molecule has 0 aliphatic heterocycles. The van der Waals surface area contributed by atoms with Crippen molar-refractivity contribution in [1.82, 2.24) is 9.47 Å². The molecule has 0 aliphatic carbocycles. The molecular formula is C21H24N2O2. The van der Waals surface area contributed by atoms with E-state index in [4.69, 9.17) is 4.42 Å². The van der Waals surface area contributed by atoms with Gasteiger partial charge in [-0.15, -0.1) is 0 Å². The zero-order valence-corrected chi connectivity index (χ0v) is 15.2. The van der Waals surface area contributed by atoms with Crippen LogP contribution in [0.25, 0.3) is 0 Å². The van der Waals surface area contributed by atoms with E-state index in [1.165, 1.54) is 5.56 Å². The van der Waals surface area contributed by atoms with Crippen LogP contribution in [0.15, 0.2) is 59.2 Å². The molecule has 0 radical (unpaired) electrons. The van der Waals surface area contributed by atoms with E-state index >= 15 is 0 Å². The van der Waals surface area contributed by atoms with Gasteiger partial charge in [-0.3, -0.25) is 4.79 Å². The molecule has 0 spiro atoms. The SMILES string of the molecule is Cc1cc(C(=O)N(C)Cc2ccco2)c(C)n1C(C)c1ccccc1. The fourth-order valence-electron chi connectivity index (χ4n) is 3.38. The number of amides is 1. The Morgan fingerprint density at radius 3 is 2.52 bits per heavy atom. The quantitative estimate of drug-likeness (QED) is 0.684. The summed E-state index contributed by atoms with van der Waals surface area (Å²) in [5.74, 6) is 0.790. The van der Waals surface area contributed by atoms with Crippen LogP contribution in [-0.2, 0) is 6.54 Å². The summed E-state index contributed by atoms with van der Waals surface area (Å²) in [7, 11) is 1.80. The van der Waals surface area contributed by atoms with E-state index in [-0.39, 0.29) is 11.9 Å². The van der Waals surface area contributed by atoms with Crippen molar-refractivity contribution in [2.75, 3.05) is 7.05 Å². The maximum atomic E-state index is 12.9. The molecule has 2 heterocycles. The lowest BCUT2D eigenvalue weighted by Crippen LogP contribution is -2.26. The van der Waals surface area contributed by atoms with Crippen LogP contribution in [0.5, 0.6) is 0 Å². The lowest BCUT2D eigenvalue weighted by molar-refractivity contribution is 0.0774. The van der Waals surface area contributed by atoms with Crippen LogP contribution in [0, 0.1) is 13.8 Å². The minimum atomic E-state index is 0.0102. The molecule has 2 aromatic heterocycles. The van der Waals surface area contributed by atoms with E-state index in [0.717, 1.165) is 22.7 Å². The number of furan rings is 1. The Bertz CT molecular complexity index is 848. The number of rotatable bonds is 5. The molecule has 3 rings (SSSR count). The van der Waals surface area contributed by atoms with Gasteiger partial charge >= 0.3 is 0 Å². The van der Waals surface area contributed by atoms with Crippen molar-refractivity contribution in [3.8, 4) is 0 Å². The highest BCUT2D eigenvalue weighted by Gasteiger charge is 2.22. The molecule has 1 aromatic carbocycles. The van der Waals surface area contributed by atoms with E-state index in [9.17, 15) is 4.79 Å². The minimum Gasteiger partial charge on any atom is -0.467 e. The van der Waals surface area contributed by atoms with Crippen LogP contribution < -0.4 is 0 Å². The van der Waals surface area contributed by atoms with Crippen molar-refractivity contribution in [2.45, 2.75) is 33.4 Å².